The number of carbonyl (C=O) groups excluding carboxylic acids is 1. The maximum Gasteiger partial charge on any atom is 0.254 e. The number of carbonyl (C=O) groups is 1. The largest absolute Gasteiger partial charge is 0.368 e. The Hall–Kier alpha value is -2.54. The number of nitrogens with two attached hydrogens (primary N) is 1. The molecule has 30 heavy (non-hydrogen) atoms. The van der Waals surface area contributed by atoms with Crippen LogP contribution >= 0.6 is 12.6 Å². The summed E-state index contributed by atoms with van der Waals surface area (Å²) in [5.74, 6) is 0.706. The fraction of sp³-hybridized carbons (Fsp3) is 0.292. The molecule has 0 aliphatic carbocycles. The van der Waals surface area contributed by atoms with Crippen LogP contribution in [0.1, 0.15) is 10.4 Å². The van der Waals surface area contributed by atoms with Crippen LogP contribution in [-0.4, -0.2) is 59.8 Å². The molecule has 156 valence electrons. The average molecular weight is 421 g/mol. The van der Waals surface area contributed by atoms with Crippen molar-refractivity contribution >= 4 is 35.0 Å². The quantitative estimate of drug-likeness (QED) is 0.536. The summed E-state index contributed by atoms with van der Waals surface area (Å²) in [5, 5.41) is 5.67. The molecule has 3 aromatic carbocycles. The lowest BCUT2D eigenvalue weighted by Gasteiger charge is -2.43. The van der Waals surface area contributed by atoms with Crippen molar-refractivity contribution in [2.45, 2.75) is 12.2 Å². The zero-order chi connectivity index (χ0) is 20.9. The first-order chi connectivity index (χ1) is 14.7. The van der Waals surface area contributed by atoms with E-state index in [0.29, 0.717) is 18.8 Å². The molecular formula is C24H28N4OS. The van der Waals surface area contributed by atoms with Gasteiger partial charge in [0.1, 0.15) is 0 Å². The van der Waals surface area contributed by atoms with Gasteiger partial charge in [0.15, 0.2) is 0 Å². The van der Waals surface area contributed by atoms with Crippen molar-refractivity contribution in [2.24, 2.45) is 5.73 Å². The van der Waals surface area contributed by atoms with E-state index in [2.05, 4.69) is 22.8 Å². The molecule has 3 N–H and O–H groups in total. The van der Waals surface area contributed by atoms with Crippen molar-refractivity contribution in [1.29, 1.82) is 0 Å². The second-order valence-corrected chi connectivity index (χ2v) is 8.11. The van der Waals surface area contributed by atoms with Crippen molar-refractivity contribution in [3.05, 3.63) is 78.4 Å². The van der Waals surface area contributed by atoms with Crippen LogP contribution in [0.15, 0.2) is 72.8 Å². The molecule has 4 rings (SSSR count). The van der Waals surface area contributed by atoms with Crippen LogP contribution in [0, 0.1) is 0 Å². The molecule has 0 radical (unpaired) electrons. The molecule has 1 aliphatic rings. The summed E-state index contributed by atoms with van der Waals surface area (Å²) in [5.41, 5.74) is 7.97. The van der Waals surface area contributed by atoms with Crippen molar-refractivity contribution in [3.8, 4) is 0 Å². The van der Waals surface area contributed by atoms with Crippen molar-refractivity contribution in [3.63, 3.8) is 0 Å². The van der Waals surface area contributed by atoms with Gasteiger partial charge in [-0.1, -0.05) is 54.6 Å². The van der Waals surface area contributed by atoms with E-state index in [1.54, 1.807) is 0 Å². The van der Waals surface area contributed by atoms with Crippen LogP contribution in [0.4, 0.5) is 5.69 Å². The number of rotatable bonds is 6. The molecule has 2 atom stereocenters. The minimum atomic E-state index is -0.00832. The lowest BCUT2D eigenvalue weighted by Crippen LogP contribution is -2.59. The van der Waals surface area contributed by atoms with Crippen LogP contribution in [0.2, 0.25) is 0 Å². The molecule has 1 fully saturated rings. The molecular weight excluding hydrogens is 392 g/mol. The highest BCUT2D eigenvalue weighted by atomic mass is 32.1. The number of nitrogens with zero attached hydrogens (tertiary/aromatic N) is 2. The first-order valence-electron chi connectivity index (χ1n) is 10.3. The molecule has 0 saturated carbocycles. The van der Waals surface area contributed by atoms with Gasteiger partial charge in [-0.05, 0) is 29.0 Å². The fourth-order valence-electron chi connectivity index (χ4n) is 4.03. The minimum absolute atomic E-state index is 0.00581. The number of amides is 1. The average Bonchev–Trinajstić information content (AvgIpc) is 2.80. The summed E-state index contributed by atoms with van der Waals surface area (Å²) in [4.78, 5) is 17.7. The summed E-state index contributed by atoms with van der Waals surface area (Å²) in [6.07, 6.45) is -0.00832. The molecule has 0 bridgehead atoms. The van der Waals surface area contributed by atoms with E-state index in [1.807, 2.05) is 77.7 Å². The number of nitrogens with one attached hydrogen (secondary N) is 1. The Balaban J connectivity index is 1.56. The lowest BCUT2D eigenvalue weighted by molar-refractivity contribution is 0.0523. The van der Waals surface area contributed by atoms with Crippen molar-refractivity contribution < 1.29 is 4.79 Å². The van der Waals surface area contributed by atoms with Gasteiger partial charge < -0.3 is 16.0 Å². The van der Waals surface area contributed by atoms with Gasteiger partial charge in [-0.15, -0.1) is 0 Å². The second kappa shape index (κ2) is 9.51. The van der Waals surface area contributed by atoms with Crippen molar-refractivity contribution in [1.82, 2.24) is 9.80 Å². The van der Waals surface area contributed by atoms with Crippen LogP contribution in [0.5, 0.6) is 0 Å². The number of hydrogen-bond donors (Lipinski definition) is 3. The number of benzene rings is 3. The van der Waals surface area contributed by atoms with Gasteiger partial charge in [0, 0.05) is 42.7 Å². The lowest BCUT2D eigenvalue weighted by atomic mass is 10.0. The van der Waals surface area contributed by atoms with E-state index in [1.165, 1.54) is 0 Å². The van der Waals surface area contributed by atoms with Gasteiger partial charge >= 0.3 is 0 Å². The normalized spacial score (nSPS) is 18.3. The van der Waals surface area contributed by atoms with E-state index in [0.717, 1.165) is 35.1 Å². The number of piperazine rings is 1. The van der Waals surface area contributed by atoms with Gasteiger partial charge in [0.25, 0.3) is 5.91 Å². The zero-order valence-corrected chi connectivity index (χ0v) is 17.8. The third kappa shape index (κ3) is 4.61. The van der Waals surface area contributed by atoms with Gasteiger partial charge in [-0.2, -0.15) is 12.6 Å². The van der Waals surface area contributed by atoms with E-state index < -0.39 is 0 Å². The monoisotopic (exact) mass is 420 g/mol. The Labute approximate surface area is 183 Å². The highest BCUT2D eigenvalue weighted by molar-refractivity contribution is 7.80. The highest BCUT2D eigenvalue weighted by Crippen LogP contribution is 2.22. The van der Waals surface area contributed by atoms with Gasteiger partial charge in [-0.3, -0.25) is 9.69 Å². The fourth-order valence-corrected chi connectivity index (χ4v) is 4.14. The predicted octanol–water partition coefficient (Wildman–Crippen LogP) is 3.29. The molecule has 1 saturated heterocycles. The second-order valence-electron chi connectivity index (χ2n) is 7.74. The summed E-state index contributed by atoms with van der Waals surface area (Å²) >= 11 is 4.34. The third-order valence-corrected chi connectivity index (χ3v) is 6.08. The van der Waals surface area contributed by atoms with Crippen molar-refractivity contribution in [2.75, 3.05) is 37.2 Å². The maximum absolute atomic E-state index is 13.4. The Bertz CT molecular complexity index is 991. The number of para-hydroxylation sites is 1. The summed E-state index contributed by atoms with van der Waals surface area (Å²) in [6, 6.07) is 24.1. The molecule has 5 nitrogen and oxygen atoms in total. The summed E-state index contributed by atoms with van der Waals surface area (Å²) in [6.45, 7) is 2.78. The summed E-state index contributed by atoms with van der Waals surface area (Å²) in [7, 11) is 0. The molecule has 0 spiro atoms. The first kappa shape index (κ1) is 20.7. The number of anilines is 1. The Morgan fingerprint density at radius 2 is 1.77 bits per heavy atom. The molecule has 3 aromatic rings. The molecule has 1 amide bonds. The van der Waals surface area contributed by atoms with Crippen LogP contribution in [0.3, 0.4) is 0 Å². The topological polar surface area (TPSA) is 61.6 Å². The third-order valence-electron chi connectivity index (χ3n) is 5.61. The molecule has 1 aliphatic heterocycles. The smallest absolute Gasteiger partial charge is 0.254 e. The van der Waals surface area contributed by atoms with E-state index in [9.17, 15) is 4.79 Å². The molecule has 0 aromatic heterocycles. The Kier molecular flexibility index (Phi) is 6.57. The number of fused-ring (bicyclic) bond motifs is 1. The minimum Gasteiger partial charge on any atom is -0.368 e. The van der Waals surface area contributed by atoms with Gasteiger partial charge in [0.05, 0.1) is 12.7 Å². The van der Waals surface area contributed by atoms with Gasteiger partial charge in [-0.25, -0.2) is 0 Å². The van der Waals surface area contributed by atoms with Crippen LogP contribution < -0.4 is 11.1 Å². The Morgan fingerprint density at radius 1 is 1.03 bits per heavy atom. The molecule has 6 heteroatoms. The first-order valence-corrected chi connectivity index (χ1v) is 11.0. The summed E-state index contributed by atoms with van der Waals surface area (Å²) < 4.78 is 0. The Morgan fingerprint density at radius 3 is 2.57 bits per heavy atom. The van der Waals surface area contributed by atoms with E-state index >= 15 is 0 Å². The standard InChI is InChI=1S/C24H28N4OS/c25-19(17-30)15-27-13-14-28(16-23(27)26-20-9-2-1-3-10-20)24(29)22-12-6-8-18-7-4-5-11-21(18)22/h1-12,19,23,26,30H,13-17,25H2/t19-,23+/m1/s1. The van der Waals surface area contributed by atoms with Gasteiger partial charge in [0.2, 0.25) is 0 Å². The SMILES string of the molecule is N[C@@H](CS)CN1CCN(C(=O)c2cccc3ccccc23)C[C@H]1Nc1ccccc1. The molecule has 1 heterocycles. The number of hydrogen-bond acceptors (Lipinski definition) is 5. The highest BCUT2D eigenvalue weighted by Gasteiger charge is 2.31. The zero-order valence-electron chi connectivity index (χ0n) is 16.9. The van der Waals surface area contributed by atoms with E-state index in [-0.39, 0.29) is 18.1 Å². The van der Waals surface area contributed by atoms with E-state index in [4.69, 9.17) is 5.73 Å². The maximum atomic E-state index is 13.4. The van der Waals surface area contributed by atoms with Crippen LogP contribution in [-0.2, 0) is 0 Å². The number of thiol groups is 1. The predicted molar refractivity (Wildman–Crippen MR) is 127 cm³/mol. The van der Waals surface area contributed by atoms with Crippen LogP contribution in [0.25, 0.3) is 10.8 Å². The molecule has 0 unspecified atom stereocenters.